The first-order chi connectivity index (χ1) is 13.8. The Morgan fingerprint density at radius 1 is 1.04 bits per heavy atom. The normalized spacial score (nSPS) is 28.3. The standard InChI is InChI=1S/C24H23NO3/c1-26-19-11-9-18(10-12-19)24-21-4-2-3-20(21)22(23(24)27-13-14-28-24)17-7-5-16(15-25)6-8-17/h5-12,20-21H,2-4,13-14H2,1H3/t20-,21+,24+/m0/s1. The largest absolute Gasteiger partial charge is 0.497 e. The van der Waals surface area contributed by atoms with Gasteiger partial charge in [0.25, 0.3) is 0 Å². The number of ether oxygens (including phenoxy) is 3. The summed E-state index contributed by atoms with van der Waals surface area (Å²) in [4.78, 5) is 0. The molecule has 2 fully saturated rings. The second-order valence-electron chi connectivity index (χ2n) is 7.74. The molecule has 5 rings (SSSR count). The van der Waals surface area contributed by atoms with Crippen molar-refractivity contribution in [3.8, 4) is 11.8 Å². The topological polar surface area (TPSA) is 51.5 Å². The summed E-state index contributed by atoms with van der Waals surface area (Å²) in [6.07, 6.45) is 3.47. The summed E-state index contributed by atoms with van der Waals surface area (Å²) in [6.45, 7) is 1.17. The van der Waals surface area contributed by atoms with Gasteiger partial charge in [-0.3, -0.25) is 0 Å². The SMILES string of the molecule is COc1ccc([C@]23OCCOC2=C(c2ccc(C#N)cc2)[C@H]2CCC[C@H]23)cc1. The Morgan fingerprint density at radius 2 is 1.82 bits per heavy atom. The first-order valence-corrected chi connectivity index (χ1v) is 9.94. The van der Waals surface area contributed by atoms with E-state index in [0.717, 1.165) is 35.5 Å². The third-order valence-electron chi connectivity index (χ3n) is 6.49. The Balaban J connectivity index is 1.69. The molecule has 1 saturated carbocycles. The predicted molar refractivity (Wildman–Crippen MR) is 105 cm³/mol. The van der Waals surface area contributed by atoms with Crippen molar-refractivity contribution < 1.29 is 14.2 Å². The predicted octanol–water partition coefficient (Wildman–Crippen LogP) is 4.65. The first-order valence-electron chi connectivity index (χ1n) is 9.94. The molecule has 2 aromatic rings. The lowest BCUT2D eigenvalue weighted by atomic mass is 9.79. The van der Waals surface area contributed by atoms with Crippen LogP contribution >= 0.6 is 0 Å². The van der Waals surface area contributed by atoms with E-state index in [2.05, 4.69) is 30.3 Å². The molecule has 0 amide bonds. The van der Waals surface area contributed by atoms with E-state index in [9.17, 15) is 0 Å². The van der Waals surface area contributed by atoms with Crippen molar-refractivity contribution in [2.45, 2.75) is 24.9 Å². The summed E-state index contributed by atoms with van der Waals surface area (Å²) < 4.78 is 18.3. The average Bonchev–Trinajstić information content (AvgIpc) is 3.34. The quantitative estimate of drug-likeness (QED) is 0.786. The Morgan fingerprint density at radius 3 is 2.54 bits per heavy atom. The zero-order valence-electron chi connectivity index (χ0n) is 16.0. The fraction of sp³-hybridized carbons (Fsp3) is 0.375. The van der Waals surface area contributed by atoms with Gasteiger partial charge < -0.3 is 14.2 Å². The van der Waals surface area contributed by atoms with Crippen molar-refractivity contribution in [3.63, 3.8) is 0 Å². The summed E-state index contributed by atoms with van der Waals surface area (Å²) in [6, 6.07) is 18.3. The van der Waals surface area contributed by atoms with Gasteiger partial charge in [0.05, 0.1) is 25.3 Å². The van der Waals surface area contributed by atoms with Crippen LogP contribution in [0.5, 0.6) is 5.75 Å². The zero-order valence-corrected chi connectivity index (χ0v) is 16.0. The number of nitriles is 1. The van der Waals surface area contributed by atoms with E-state index in [1.54, 1.807) is 7.11 Å². The molecule has 28 heavy (non-hydrogen) atoms. The molecule has 0 N–H and O–H groups in total. The highest BCUT2D eigenvalue weighted by Gasteiger charge is 2.59. The van der Waals surface area contributed by atoms with Gasteiger partial charge in [0.2, 0.25) is 0 Å². The zero-order chi connectivity index (χ0) is 19.1. The molecule has 2 aliphatic carbocycles. The van der Waals surface area contributed by atoms with Gasteiger partial charge in [-0.2, -0.15) is 5.26 Å². The number of hydrogen-bond acceptors (Lipinski definition) is 4. The second kappa shape index (κ2) is 6.68. The van der Waals surface area contributed by atoms with Gasteiger partial charge in [0.1, 0.15) is 18.1 Å². The Hall–Kier alpha value is -2.77. The maximum absolute atomic E-state index is 9.15. The first kappa shape index (κ1) is 17.3. The highest BCUT2D eigenvalue weighted by Crippen LogP contribution is 2.62. The van der Waals surface area contributed by atoms with Gasteiger partial charge >= 0.3 is 0 Å². The van der Waals surface area contributed by atoms with Crippen LogP contribution in [0.2, 0.25) is 0 Å². The summed E-state index contributed by atoms with van der Waals surface area (Å²) in [5, 5.41) is 9.15. The average molecular weight is 373 g/mol. The van der Waals surface area contributed by atoms with Crippen LogP contribution in [0.15, 0.2) is 54.3 Å². The minimum Gasteiger partial charge on any atom is -0.497 e. The van der Waals surface area contributed by atoms with Crippen LogP contribution in [-0.4, -0.2) is 20.3 Å². The number of benzene rings is 2. The van der Waals surface area contributed by atoms with Crippen LogP contribution < -0.4 is 4.74 Å². The molecule has 0 unspecified atom stereocenters. The molecule has 4 nitrogen and oxygen atoms in total. The number of nitrogens with zero attached hydrogens (tertiary/aromatic N) is 1. The van der Waals surface area contributed by atoms with E-state index in [1.807, 2.05) is 24.3 Å². The molecule has 0 aromatic heterocycles. The highest BCUT2D eigenvalue weighted by molar-refractivity contribution is 5.76. The van der Waals surface area contributed by atoms with Gasteiger partial charge in [-0.1, -0.05) is 30.7 Å². The van der Waals surface area contributed by atoms with Crippen molar-refractivity contribution in [2.24, 2.45) is 11.8 Å². The Bertz CT molecular complexity index is 955. The maximum atomic E-state index is 9.15. The van der Waals surface area contributed by atoms with Crippen LogP contribution in [0.25, 0.3) is 5.57 Å². The van der Waals surface area contributed by atoms with E-state index in [0.29, 0.717) is 30.6 Å². The monoisotopic (exact) mass is 373 g/mol. The highest BCUT2D eigenvalue weighted by atomic mass is 16.6. The molecule has 142 valence electrons. The molecular formula is C24H23NO3. The third-order valence-corrected chi connectivity index (χ3v) is 6.49. The van der Waals surface area contributed by atoms with Crippen molar-refractivity contribution in [2.75, 3.05) is 20.3 Å². The van der Waals surface area contributed by atoms with E-state index in [-0.39, 0.29) is 0 Å². The molecule has 1 saturated heterocycles. The lowest BCUT2D eigenvalue weighted by Gasteiger charge is -2.41. The van der Waals surface area contributed by atoms with E-state index < -0.39 is 5.60 Å². The Labute approximate surface area is 165 Å². The maximum Gasteiger partial charge on any atom is 0.154 e. The summed E-state index contributed by atoms with van der Waals surface area (Å²) in [7, 11) is 1.68. The second-order valence-corrected chi connectivity index (χ2v) is 7.74. The van der Waals surface area contributed by atoms with Crippen LogP contribution in [0.3, 0.4) is 0 Å². The molecular weight excluding hydrogens is 350 g/mol. The molecule has 1 heterocycles. The molecule has 4 heteroatoms. The van der Waals surface area contributed by atoms with Crippen molar-refractivity contribution in [1.82, 2.24) is 0 Å². The van der Waals surface area contributed by atoms with Gasteiger partial charge in [-0.25, -0.2) is 0 Å². The van der Waals surface area contributed by atoms with Gasteiger partial charge in [-0.15, -0.1) is 0 Å². The molecule has 1 aliphatic heterocycles. The lowest BCUT2D eigenvalue weighted by Crippen LogP contribution is -2.42. The van der Waals surface area contributed by atoms with Gasteiger partial charge in [0.15, 0.2) is 5.60 Å². The van der Waals surface area contributed by atoms with E-state index >= 15 is 0 Å². The van der Waals surface area contributed by atoms with Crippen LogP contribution in [0.4, 0.5) is 0 Å². The molecule has 3 atom stereocenters. The fourth-order valence-electron chi connectivity index (χ4n) is 5.37. The van der Waals surface area contributed by atoms with E-state index in [4.69, 9.17) is 19.5 Å². The lowest BCUT2D eigenvalue weighted by molar-refractivity contribution is -0.141. The van der Waals surface area contributed by atoms with E-state index in [1.165, 1.54) is 12.0 Å². The smallest absolute Gasteiger partial charge is 0.154 e. The van der Waals surface area contributed by atoms with Gasteiger partial charge in [0, 0.05) is 11.5 Å². The van der Waals surface area contributed by atoms with Crippen molar-refractivity contribution in [3.05, 3.63) is 71.0 Å². The number of fused-ring (bicyclic) bond motifs is 3. The fourth-order valence-corrected chi connectivity index (χ4v) is 5.37. The number of hydrogen-bond donors (Lipinski definition) is 0. The van der Waals surface area contributed by atoms with Crippen molar-refractivity contribution >= 4 is 5.57 Å². The number of rotatable bonds is 3. The number of allylic oxidation sites excluding steroid dienone is 1. The molecule has 0 bridgehead atoms. The summed E-state index contributed by atoms with van der Waals surface area (Å²) in [5.41, 5.74) is 3.71. The summed E-state index contributed by atoms with van der Waals surface area (Å²) >= 11 is 0. The van der Waals surface area contributed by atoms with Gasteiger partial charge in [-0.05, 0) is 54.2 Å². The minimum atomic E-state index is -0.519. The third kappa shape index (κ3) is 2.40. The number of methoxy groups -OCH3 is 1. The minimum absolute atomic E-state index is 0.377. The molecule has 0 radical (unpaired) electrons. The van der Waals surface area contributed by atoms with Crippen LogP contribution in [-0.2, 0) is 15.1 Å². The molecule has 0 spiro atoms. The van der Waals surface area contributed by atoms with Crippen LogP contribution in [0, 0.1) is 23.2 Å². The molecule has 3 aliphatic rings. The molecule has 2 aromatic carbocycles. The Kier molecular flexibility index (Phi) is 4.14. The van der Waals surface area contributed by atoms with Crippen molar-refractivity contribution in [1.29, 1.82) is 5.26 Å². The summed E-state index contributed by atoms with van der Waals surface area (Å²) in [5.74, 6) is 2.61. The van der Waals surface area contributed by atoms with Crippen LogP contribution in [0.1, 0.15) is 36.0 Å².